The Balaban J connectivity index is 0.00000280. The Morgan fingerprint density at radius 1 is 1.25 bits per heavy atom. The van der Waals surface area contributed by atoms with Crippen molar-refractivity contribution in [2.24, 2.45) is 4.99 Å². The first kappa shape index (κ1) is 22.7. The number of anilines is 1. The molecule has 1 fully saturated rings. The molecule has 2 N–H and O–H groups in total. The first-order valence-electron chi connectivity index (χ1n) is 9.59. The van der Waals surface area contributed by atoms with Crippen LogP contribution in [0.1, 0.15) is 37.4 Å². The molecule has 0 aliphatic carbocycles. The highest BCUT2D eigenvalue weighted by Crippen LogP contribution is 2.27. The summed E-state index contributed by atoms with van der Waals surface area (Å²) in [5.74, 6) is 1.74. The molecular weight excluding hydrogens is 485 g/mol. The maximum atomic E-state index is 10.1. The third-order valence-electron chi connectivity index (χ3n) is 4.59. The molecular formula is C20H30IN5OS. The summed E-state index contributed by atoms with van der Waals surface area (Å²) in [5, 5.41) is 16.8. The number of nitrogens with zero attached hydrogens (tertiary/aromatic N) is 4. The fraction of sp³-hybridized carbons (Fsp3) is 0.500. The minimum Gasteiger partial charge on any atom is -0.506 e. The number of piperazine rings is 1. The number of phenolic OH excluding ortho intramolecular Hbond substituents is 1. The van der Waals surface area contributed by atoms with Crippen molar-refractivity contribution in [1.82, 2.24) is 15.2 Å². The molecule has 0 bridgehead atoms. The molecule has 3 rings (SSSR count). The number of hydrogen-bond donors (Lipinski definition) is 2. The number of hydrogen-bond acceptors (Lipinski definition) is 5. The van der Waals surface area contributed by atoms with Crippen LogP contribution in [0.4, 0.5) is 5.69 Å². The van der Waals surface area contributed by atoms with Crippen LogP contribution in [-0.4, -0.2) is 53.7 Å². The number of aromatic hydroxyl groups is 1. The van der Waals surface area contributed by atoms with Crippen molar-refractivity contribution in [2.45, 2.75) is 33.2 Å². The Morgan fingerprint density at radius 2 is 1.96 bits per heavy atom. The molecule has 1 aliphatic rings. The van der Waals surface area contributed by atoms with Crippen molar-refractivity contribution in [3.63, 3.8) is 0 Å². The predicted octanol–water partition coefficient (Wildman–Crippen LogP) is 3.88. The molecule has 28 heavy (non-hydrogen) atoms. The summed E-state index contributed by atoms with van der Waals surface area (Å²) in [4.78, 5) is 14.0. The summed E-state index contributed by atoms with van der Waals surface area (Å²) in [6.45, 7) is 11.3. The highest BCUT2D eigenvalue weighted by atomic mass is 127. The van der Waals surface area contributed by atoms with Gasteiger partial charge in [0.25, 0.3) is 0 Å². The average Bonchev–Trinajstić information content (AvgIpc) is 3.15. The summed E-state index contributed by atoms with van der Waals surface area (Å²) < 4.78 is 0. The van der Waals surface area contributed by atoms with E-state index in [1.54, 1.807) is 17.4 Å². The van der Waals surface area contributed by atoms with Gasteiger partial charge < -0.3 is 20.2 Å². The van der Waals surface area contributed by atoms with E-state index >= 15 is 0 Å². The Labute approximate surface area is 188 Å². The summed E-state index contributed by atoms with van der Waals surface area (Å²) >= 11 is 1.71. The molecule has 154 valence electrons. The van der Waals surface area contributed by atoms with E-state index in [2.05, 4.69) is 46.3 Å². The second kappa shape index (κ2) is 10.8. The first-order chi connectivity index (χ1) is 13.1. The fourth-order valence-corrected chi connectivity index (χ4v) is 3.96. The minimum atomic E-state index is 0. The van der Waals surface area contributed by atoms with E-state index in [0.717, 1.165) is 50.1 Å². The van der Waals surface area contributed by atoms with Gasteiger partial charge in [0.05, 0.1) is 22.9 Å². The zero-order chi connectivity index (χ0) is 19.2. The van der Waals surface area contributed by atoms with Crippen LogP contribution in [-0.2, 0) is 6.54 Å². The van der Waals surface area contributed by atoms with Gasteiger partial charge in [-0.25, -0.2) is 9.98 Å². The highest BCUT2D eigenvalue weighted by Gasteiger charge is 2.21. The lowest BCUT2D eigenvalue weighted by atomic mass is 10.2. The van der Waals surface area contributed by atoms with Crippen molar-refractivity contribution in [3.8, 4) is 5.75 Å². The maximum Gasteiger partial charge on any atom is 0.194 e. The van der Waals surface area contributed by atoms with Crippen LogP contribution in [0.15, 0.2) is 34.6 Å². The van der Waals surface area contributed by atoms with Crippen molar-refractivity contribution >= 4 is 47.0 Å². The SMILES string of the molecule is CCNC(=NCc1csc(C(C)C)n1)N1CCN(c2ccccc2O)CC1.I. The Bertz CT molecular complexity index is 771. The van der Waals surface area contributed by atoms with Gasteiger partial charge in [-0.2, -0.15) is 0 Å². The first-order valence-corrected chi connectivity index (χ1v) is 10.5. The number of rotatable bonds is 5. The van der Waals surface area contributed by atoms with Crippen LogP contribution in [0.5, 0.6) is 5.75 Å². The number of halogens is 1. The Kier molecular flexibility index (Phi) is 8.81. The van der Waals surface area contributed by atoms with E-state index in [0.29, 0.717) is 18.2 Å². The third-order valence-corrected chi connectivity index (χ3v) is 5.78. The number of para-hydroxylation sites is 2. The van der Waals surface area contributed by atoms with Gasteiger partial charge in [-0.05, 0) is 19.1 Å². The molecule has 1 saturated heterocycles. The number of phenols is 1. The van der Waals surface area contributed by atoms with E-state index in [-0.39, 0.29) is 24.0 Å². The van der Waals surface area contributed by atoms with E-state index in [1.165, 1.54) is 5.01 Å². The Hall–Kier alpha value is -1.55. The van der Waals surface area contributed by atoms with Gasteiger partial charge >= 0.3 is 0 Å². The summed E-state index contributed by atoms with van der Waals surface area (Å²) in [6, 6.07) is 7.53. The zero-order valence-corrected chi connectivity index (χ0v) is 19.9. The molecule has 8 heteroatoms. The monoisotopic (exact) mass is 515 g/mol. The quantitative estimate of drug-likeness (QED) is 0.360. The highest BCUT2D eigenvalue weighted by molar-refractivity contribution is 14.0. The van der Waals surface area contributed by atoms with Gasteiger partial charge in [-0.15, -0.1) is 35.3 Å². The van der Waals surface area contributed by atoms with E-state index in [1.807, 2.05) is 18.2 Å². The Morgan fingerprint density at radius 3 is 2.57 bits per heavy atom. The van der Waals surface area contributed by atoms with Crippen LogP contribution in [0.2, 0.25) is 0 Å². The minimum absolute atomic E-state index is 0. The normalized spacial score (nSPS) is 14.9. The summed E-state index contributed by atoms with van der Waals surface area (Å²) in [5.41, 5.74) is 1.94. The van der Waals surface area contributed by atoms with Gasteiger partial charge in [0.1, 0.15) is 5.75 Å². The predicted molar refractivity (Wildman–Crippen MR) is 128 cm³/mol. The summed E-state index contributed by atoms with van der Waals surface area (Å²) in [6.07, 6.45) is 0. The largest absolute Gasteiger partial charge is 0.506 e. The standard InChI is InChI=1S/C20H29N5OS.HI/c1-4-21-20(22-13-16-14-27-19(23-16)15(2)3)25-11-9-24(10-12-25)17-7-5-6-8-18(17)26;/h5-8,14-15,26H,4,9-13H2,1-3H3,(H,21,22);1H. The van der Waals surface area contributed by atoms with E-state index in [9.17, 15) is 5.11 Å². The lowest BCUT2D eigenvalue weighted by Crippen LogP contribution is -2.52. The molecule has 6 nitrogen and oxygen atoms in total. The molecule has 0 saturated carbocycles. The van der Waals surface area contributed by atoms with Crippen LogP contribution in [0.25, 0.3) is 0 Å². The van der Waals surface area contributed by atoms with Crippen molar-refractivity contribution in [1.29, 1.82) is 0 Å². The summed E-state index contributed by atoms with van der Waals surface area (Å²) in [7, 11) is 0. The van der Waals surface area contributed by atoms with Gasteiger partial charge in [-0.1, -0.05) is 26.0 Å². The van der Waals surface area contributed by atoms with Crippen molar-refractivity contribution < 1.29 is 5.11 Å². The van der Waals surface area contributed by atoms with Gasteiger partial charge in [0, 0.05) is 44.0 Å². The van der Waals surface area contributed by atoms with Crippen molar-refractivity contribution in [2.75, 3.05) is 37.6 Å². The second-order valence-electron chi connectivity index (χ2n) is 6.96. The number of nitrogens with one attached hydrogen (secondary N) is 1. The molecule has 2 aromatic rings. The van der Waals surface area contributed by atoms with Gasteiger partial charge in [0.15, 0.2) is 5.96 Å². The van der Waals surface area contributed by atoms with Crippen LogP contribution in [0.3, 0.4) is 0 Å². The lowest BCUT2D eigenvalue weighted by Gasteiger charge is -2.37. The molecule has 1 aromatic carbocycles. The maximum absolute atomic E-state index is 10.1. The molecule has 1 aliphatic heterocycles. The number of thiazole rings is 1. The molecule has 0 atom stereocenters. The molecule has 0 radical (unpaired) electrons. The molecule has 2 heterocycles. The molecule has 0 spiro atoms. The smallest absolute Gasteiger partial charge is 0.194 e. The molecule has 0 unspecified atom stereocenters. The molecule has 1 aromatic heterocycles. The van der Waals surface area contributed by atoms with Crippen LogP contribution >= 0.6 is 35.3 Å². The van der Waals surface area contributed by atoms with Gasteiger partial charge in [-0.3, -0.25) is 0 Å². The number of guanidine groups is 1. The van der Waals surface area contributed by atoms with Crippen LogP contribution in [0, 0.1) is 0 Å². The van der Waals surface area contributed by atoms with Crippen LogP contribution < -0.4 is 10.2 Å². The number of benzene rings is 1. The number of aromatic nitrogens is 1. The second-order valence-corrected chi connectivity index (χ2v) is 7.85. The van der Waals surface area contributed by atoms with E-state index < -0.39 is 0 Å². The van der Waals surface area contributed by atoms with Crippen molar-refractivity contribution in [3.05, 3.63) is 40.3 Å². The van der Waals surface area contributed by atoms with Gasteiger partial charge in [0.2, 0.25) is 0 Å². The lowest BCUT2D eigenvalue weighted by molar-refractivity contribution is 0.369. The topological polar surface area (TPSA) is 64.0 Å². The number of aliphatic imine (C=N–C) groups is 1. The average molecular weight is 515 g/mol. The molecule has 0 amide bonds. The fourth-order valence-electron chi connectivity index (χ4n) is 3.13. The zero-order valence-electron chi connectivity index (χ0n) is 16.8. The van der Waals surface area contributed by atoms with E-state index in [4.69, 9.17) is 4.99 Å². The third kappa shape index (κ3) is 5.73.